The maximum atomic E-state index is 12.4. The highest BCUT2D eigenvalue weighted by atomic mass is 32.2. The number of carbonyl (C=O) groups excluding carboxylic acids is 2. The van der Waals surface area contributed by atoms with Gasteiger partial charge in [0.1, 0.15) is 16.5 Å². The van der Waals surface area contributed by atoms with Gasteiger partial charge >= 0.3 is 0 Å². The first-order valence-electron chi connectivity index (χ1n) is 11.0. The zero-order valence-electron chi connectivity index (χ0n) is 19.3. The zero-order valence-corrected chi connectivity index (χ0v) is 20.1. The molecule has 0 bridgehead atoms. The number of nitrogens with one attached hydrogen (secondary N) is 2. The van der Waals surface area contributed by atoms with Gasteiger partial charge in [-0.1, -0.05) is 18.7 Å². The van der Waals surface area contributed by atoms with E-state index in [0.717, 1.165) is 31.6 Å². The molecule has 2 heterocycles. The average molecular weight is 474 g/mol. The smallest absolute Gasteiger partial charge is 0.234 e. The lowest BCUT2D eigenvalue weighted by atomic mass is 9.97. The SMILES string of the molecule is CCCNC(=O)[C@@H]1CCCN(c2ccc(SCC(=O)Nc3cc(OC)cc(OC)c3)nn2)C1. The molecule has 0 aliphatic carbocycles. The van der Waals surface area contributed by atoms with Gasteiger partial charge in [-0.2, -0.15) is 0 Å². The Balaban J connectivity index is 1.51. The first-order chi connectivity index (χ1) is 16.0. The summed E-state index contributed by atoms with van der Waals surface area (Å²) < 4.78 is 10.5. The molecule has 1 saturated heterocycles. The highest BCUT2D eigenvalue weighted by Gasteiger charge is 2.26. The van der Waals surface area contributed by atoms with Gasteiger partial charge in [-0.3, -0.25) is 9.59 Å². The molecule has 0 radical (unpaired) electrons. The van der Waals surface area contributed by atoms with Crippen LogP contribution < -0.4 is 25.0 Å². The molecule has 2 N–H and O–H groups in total. The van der Waals surface area contributed by atoms with Crippen molar-refractivity contribution < 1.29 is 19.1 Å². The van der Waals surface area contributed by atoms with Crippen molar-refractivity contribution in [3.8, 4) is 11.5 Å². The number of amides is 2. The lowest BCUT2D eigenvalue weighted by molar-refractivity contribution is -0.125. The van der Waals surface area contributed by atoms with E-state index >= 15 is 0 Å². The predicted molar refractivity (Wildman–Crippen MR) is 129 cm³/mol. The molecule has 2 amide bonds. The van der Waals surface area contributed by atoms with Crippen LogP contribution in [-0.2, 0) is 9.59 Å². The van der Waals surface area contributed by atoms with Crippen LogP contribution in [0.2, 0.25) is 0 Å². The standard InChI is InChI=1S/C23H31N5O4S/c1-4-9-24-23(30)16-6-5-10-28(14-16)20-7-8-22(27-26-20)33-15-21(29)25-17-11-18(31-2)13-19(12-17)32-3/h7-8,11-13,16H,4-6,9-10,14-15H2,1-3H3,(H,24,30)(H,25,29)/t16-/m1/s1. The molecule has 10 heteroatoms. The number of anilines is 2. The highest BCUT2D eigenvalue weighted by molar-refractivity contribution is 7.99. The molecule has 2 aromatic rings. The Hall–Kier alpha value is -3.01. The first-order valence-corrected chi connectivity index (χ1v) is 12.0. The fourth-order valence-corrected chi connectivity index (χ4v) is 4.18. The van der Waals surface area contributed by atoms with Crippen LogP contribution in [0, 0.1) is 5.92 Å². The van der Waals surface area contributed by atoms with E-state index < -0.39 is 0 Å². The van der Waals surface area contributed by atoms with E-state index in [0.29, 0.717) is 35.3 Å². The van der Waals surface area contributed by atoms with Crippen molar-refractivity contribution in [1.29, 1.82) is 0 Å². The summed E-state index contributed by atoms with van der Waals surface area (Å²) in [6, 6.07) is 8.95. The number of methoxy groups -OCH3 is 2. The Morgan fingerprint density at radius 1 is 1.15 bits per heavy atom. The molecule has 1 aromatic heterocycles. The summed E-state index contributed by atoms with van der Waals surface area (Å²) in [5.74, 6) is 2.06. The molecule has 0 saturated carbocycles. The van der Waals surface area contributed by atoms with Crippen LogP contribution in [-0.4, -0.2) is 61.6 Å². The Bertz CT molecular complexity index is 919. The van der Waals surface area contributed by atoms with E-state index in [-0.39, 0.29) is 23.5 Å². The maximum Gasteiger partial charge on any atom is 0.234 e. The lowest BCUT2D eigenvalue weighted by Gasteiger charge is -2.32. The molecule has 1 aromatic carbocycles. The molecule has 178 valence electrons. The average Bonchev–Trinajstić information content (AvgIpc) is 2.86. The summed E-state index contributed by atoms with van der Waals surface area (Å²) in [6.07, 6.45) is 2.76. The summed E-state index contributed by atoms with van der Waals surface area (Å²) in [5, 5.41) is 15.1. The van der Waals surface area contributed by atoms with Crippen LogP contribution in [0.3, 0.4) is 0 Å². The second-order valence-electron chi connectivity index (χ2n) is 7.74. The van der Waals surface area contributed by atoms with Gasteiger partial charge in [-0.05, 0) is 31.4 Å². The Labute approximate surface area is 198 Å². The van der Waals surface area contributed by atoms with E-state index in [1.165, 1.54) is 11.8 Å². The van der Waals surface area contributed by atoms with Crippen molar-refractivity contribution in [2.45, 2.75) is 31.2 Å². The third-order valence-electron chi connectivity index (χ3n) is 5.28. The van der Waals surface area contributed by atoms with Gasteiger partial charge < -0.3 is 25.0 Å². The van der Waals surface area contributed by atoms with E-state index in [1.807, 2.05) is 19.1 Å². The number of hydrogen-bond donors (Lipinski definition) is 2. The minimum absolute atomic E-state index is 0.0277. The maximum absolute atomic E-state index is 12.4. The topological polar surface area (TPSA) is 106 Å². The number of piperidine rings is 1. The Morgan fingerprint density at radius 2 is 1.91 bits per heavy atom. The summed E-state index contributed by atoms with van der Waals surface area (Å²) in [5.41, 5.74) is 0.598. The third kappa shape index (κ3) is 7.24. The van der Waals surface area contributed by atoms with Crippen LogP contribution in [0.15, 0.2) is 35.4 Å². The highest BCUT2D eigenvalue weighted by Crippen LogP contribution is 2.26. The van der Waals surface area contributed by atoms with Gasteiger partial charge in [-0.15, -0.1) is 10.2 Å². The van der Waals surface area contributed by atoms with Gasteiger partial charge in [0.15, 0.2) is 5.82 Å². The number of rotatable bonds is 10. The van der Waals surface area contributed by atoms with Gasteiger partial charge in [0.25, 0.3) is 0 Å². The Kier molecular flexibility index (Phi) is 9.17. The normalized spacial score (nSPS) is 15.6. The van der Waals surface area contributed by atoms with Gasteiger partial charge in [0, 0.05) is 43.5 Å². The minimum atomic E-state index is -0.168. The molecule has 1 atom stereocenters. The van der Waals surface area contributed by atoms with Crippen molar-refractivity contribution in [3.63, 3.8) is 0 Å². The second-order valence-corrected chi connectivity index (χ2v) is 8.74. The van der Waals surface area contributed by atoms with Crippen molar-refractivity contribution in [2.24, 2.45) is 5.92 Å². The third-order valence-corrected chi connectivity index (χ3v) is 6.20. The van der Waals surface area contributed by atoms with E-state index in [1.54, 1.807) is 32.4 Å². The molecule has 0 spiro atoms. The van der Waals surface area contributed by atoms with Crippen molar-refractivity contribution in [2.75, 3.05) is 49.8 Å². The lowest BCUT2D eigenvalue weighted by Crippen LogP contribution is -2.43. The Morgan fingerprint density at radius 3 is 2.55 bits per heavy atom. The fourth-order valence-electron chi connectivity index (χ4n) is 3.57. The summed E-state index contributed by atoms with van der Waals surface area (Å²) in [6.45, 7) is 4.25. The van der Waals surface area contributed by atoms with Crippen molar-refractivity contribution in [3.05, 3.63) is 30.3 Å². The predicted octanol–water partition coefficient (Wildman–Crippen LogP) is 2.97. The molecule has 3 rings (SSSR count). The number of hydrogen-bond acceptors (Lipinski definition) is 8. The van der Waals surface area contributed by atoms with Crippen LogP contribution in [0.4, 0.5) is 11.5 Å². The van der Waals surface area contributed by atoms with E-state index in [4.69, 9.17) is 9.47 Å². The molecule has 9 nitrogen and oxygen atoms in total. The number of nitrogens with zero attached hydrogens (tertiary/aromatic N) is 3. The number of benzene rings is 1. The summed E-state index contributed by atoms with van der Waals surface area (Å²) in [4.78, 5) is 26.8. The summed E-state index contributed by atoms with van der Waals surface area (Å²) >= 11 is 1.31. The van der Waals surface area contributed by atoms with Crippen molar-refractivity contribution >= 4 is 35.1 Å². The second kappa shape index (κ2) is 12.3. The number of ether oxygens (including phenoxy) is 2. The van der Waals surface area contributed by atoms with Crippen LogP contribution in [0.1, 0.15) is 26.2 Å². The molecule has 1 fully saturated rings. The minimum Gasteiger partial charge on any atom is -0.497 e. The van der Waals surface area contributed by atoms with Gasteiger partial charge in [0.2, 0.25) is 11.8 Å². The molecular formula is C23H31N5O4S. The quantitative estimate of drug-likeness (QED) is 0.508. The molecule has 1 aliphatic heterocycles. The number of aromatic nitrogens is 2. The van der Waals surface area contributed by atoms with E-state index in [2.05, 4.69) is 25.7 Å². The molecule has 33 heavy (non-hydrogen) atoms. The van der Waals surface area contributed by atoms with Crippen molar-refractivity contribution in [1.82, 2.24) is 15.5 Å². The zero-order chi connectivity index (χ0) is 23.6. The van der Waals surface area contributed by atoms with Crippen LogP contribution in [0.5, 0.6) is 11.5 Å². The van der Waals surface area contributed by atoms with Crippen LogP contribution in [0.25, 0.3) is 0 Å². The number of thioether (sulfide) groups is 1. The fraction of sp³-hybridized carbons (Fsp3) is 0.478. The summed E-state index contributed by atoms with van der Waals surface area (Å²) in [7, 11) is 3.12. The van der Waals surface area contributed by atoms with Gasteiger partial charge in [-0.25, -0.2) is 0 Å². The molecule has 0 unspecified atom stereocenters. The van der Waals surface area contributed by atoms with Crippen LogP contribution >= 0.6 is 11.8 Å². The molecule has 1 aliphatic rings. The number of carbonyl (C=O) groups is 2. The van der Waals surface area contributed by atoms with Gasteiger partial charge in [0.05, 0.1) is 25.9 Å². The largest absolute Gasteiger partial charge is 0.497 e. The molecular weight excluding hydrogens is 442 g/mol. The monoisotopic (exact) mass is 473 g/mol. The first kappa shape index (κ1) is 24.6. The van der Waals surface area contributed by atoms with E-state index in [9.17, 15) is 9.59 Å².